The van der Waals surface area contributed by atoms with E-state index in [9.17, 15) is 9.59 Å². The highest BCUT2D eigenvalue weighted by molar-refractivity contribution is 8.15. The highest BCUT2D eigenvalue weighted by Crippen LogP contribution is 2.32. The molecule has 1 saturated heterocycles. The van der Waals surface area contributed by atoms with E-state index in [-0.39, 0.29) is 18.2 Å². The lowest BCUT2D eigenvalue weighted by atomic mass is 10.2. The van der Waals surface area contributed by atoms with Crippen molar-refractivity contribution in [3.63, 3.8) is 0 Å². The van der Waals surface area contributed by atoms with Gasteiger partial charge < -0.3 is 10.1 Å². The highest BCUT2D eigenvalue weighted by atomic mass is 35.5. The van der Waals surface area contributed by atoms with Crippen LogP contribution in [0.5, 0.6) is 5.75 Å². The van der Waals surface area contributed by atoms with Gasteiger partial charge in [-0.2, -0.15) is 0 Å². The van der Waals surface area contributed by atoms with E-state index in [1.807, 2.05) is 0 Å². The normalized spacial score (nSPS) is 17.4. The number of amidine groups is 1. The van der Waals surface area contributed by atoms with Gasteiger partial charge in [-0.3, -0.25) is 14.5 Å². The fourth-order valence-electron chi connectivity index (χ4n) is 2.73. The van der Waals surface area contributed by atoms with Crippen LogP contribution in [0.2, 0.25) is 5.02 Å². The van der Waals surface area contributed by atoms with Crippen LogP contribution >= 0.6 is 23.4 Å². The molecule has 2 aromatic carbocycles. The molecule has 6 nitrogen and oxygen atoms in total. The fraction of sp³-hybridized carbons (Fsp3) is 0.190. The van der Waals surface area contributed by atoms with Gasteiger partial charge in [-0.15, -0.1) is 6.58 Å². The van der Waals surface area contributed by atoms with Gasteiger partial charge in [0.1, 0.15) is 11.0 Å². The van der Waals surface area contributed by atoms with E-state index in [0.29, 0.717) is 33.9 Å². The van der Waals surface area contributed by atoms with Crippen molar-refractivity contribution < 1.29 is 14.3 Å². The maximum atomic E-state index is 12.8. The molecule has 29 heavy (non-hydrogen) atoms. The molecule has 150 valence electrons. The number of ether oxygens (including phenoxy) is 1. The zero-order valence-electron chi connectivity index (χ0n) is 15.8. The molecule has 1 unspecified atom stereocenters. The Morgan fingerprint density at radius 2 is 2.10 bits per heavy atom. The Balaban J connectivity index is 1.71. The smallest absolute Gasteiger partial charge is 0.242 e. The van der Waals surface area contributed by atoms with Gasteiger partial charge in [-0.05, 0) is 42.5 Å². The van der Waals surface area contributed by atoms with Crippen LogP contribution < -0.4 is 10.1 Å². The summed E-state index contributed by atoms with van der Waals surface area (Å²) >= 11 is 7.28. The Kier molecular flexibility index (Phi) is 6.95. The van der Waals surface area contributed by atoms with E-state index in [0.717, 1.165) is 0 Å². The average molecular weight is 430 g/mol. The van der Waals surface area contributed by atoms with Gasteiger partial charge >= 0.3 is 0 Å². The number of thioether (sulfide) groups is 1. The number of nitrogens with zero attached hydrogens (tertiary/aromatic N) is 2. The van der Waals surface area contributed by atoms with E-state index in [1.54, 1.807) is 61.7 Å². The Morgan fingerprint density at radius 1 is 1.34 bits per heavy atom. The number of anilines is 1. The molecule has 1 aliphatic rings. The first kappa shape index (κ1) is 21.0. The molecule has 0 spiro atoms. The van der Waals surface area contributed by atoms with Crippen molar-refractivity contribution in [2.45, 2.75) is 11.7 Å². The van der Waals surface area contributed by atoms with E-state index in [1.165, 1.54) is 16.7 Å². The molecule has 0 aliphatic carbocycles. The molecule has 1 atom stereocenters. The summed E-state index contributed by atoms with van der Waals surface area (Å²) in [6.45, 7) is 4.02. The minimum Gasteiger partial charge on any atom is -0.497 e. The third kappa shape index (κ3) is 5.40. The average Bonchev–Trinajstić information content (AvgIpc) is 2.97. The van der Waals surface area contributed by atoms with Crippen molar-refractivity contribution >= 4 is 51.7 Å². The molecule has 0 bridgehead atoms. The number of aliphatic imine (C=N–C) groups is 1. The second-order valence-electron chi connectivity index (χ2n) is 6.20. The molecule has 1 aliphatic heterocycles. The molecule has 2 amide bonds. The third-order valence-corrected chi connectivity index (χ3v) is 5.52. The van der Waals surface area contributed by atoms with Gasteiger partial charge in [0.05, 0.1) is 12.8 Å². The second-order valence-corrected chi connectivity index (χ2v) is 7.81. The quantitative estimate of drug-likeness (QED) is 0.658. The molecule has 1 fully saturated rings. The number of carbonyl (C=O) groups is 2. The number of nitrogens with one attached hydrogen (secondary N) is 1. The van der Waals surface area contributed by atoms with Crippen LogP contribution in [0.4, 0.5) is 11.4 Å². The van der Waals surface area contributed by atoms with Gasteiger partial charge in [0.15, 0.2) is 5.17 Å². The van der Waals surface area contributed by atoms with Crippen molar-refractivity contribution in [1.29, 1.82) is 0 Å². The van der Waals surface area contributed by atoms with Crippen LogP contribution in [-0.2, 0) is 9.59 Å². The molecule has 0 radical (unpaired) electrons. The Labute approximate surface area is 178 Å². The predicted molar refractivity (Wildman–Crippen MR) is 118 cm³/mol. The summed E-state index contributed by atoms with van der Waals surface area (Å²) in [7, 11) is 1.58. The van der Waals surface area contributed by atoms with Crippen molar-refractivity contribution in [3.05, 3.63) is 66.2 Å². The Morgan fingerprint density at radius 3 is 2.76 bits per heavy atom. The minimum absolute atomic E-state index is 0.0394. The first-order valence-electron chi connectivity index (χ1n) is 8.87. The lowest BCUT2D eigenvalue weighted by molar-refractivity contribution is -0.127. The largest absolute Gasteiger partial charge is 0.497 e. The first-order valence-corrected chi connectivity index (χ1v) is 10.1. The van der Waals surface area contributed by atoms with Crippen molar-refractivity contribution in [2.24, 2.45) is 4.99 Å². The zero-order valence-corrected chi connectivity index (χ0v) is 17.4. The summed E-state index contributed by atoms with van der Waals surface area (Å²) in [5, 5.41) is 3.34. The van der Waals surface area contributed by atoms with Gasteiger partial charge in [0.2, 0.25) is 11.8 Å². The van der Waals surface area contributed by atoms with Crippen molar-refractivity contribution in [1.82, 2.24) is 4.90 Å². The number of amides is 2. The van der Waals surface area contributed by atoms with Gasteiger partial charge in [-0.1, -0.05) is 35.5 Å². The maximum absolute atomic E-state index is 12.8. The number of rotatable bonds is 7. The van der Waals surface area contributed by atoms with Gasteiger partial charge in [0, 0.05) is 23.7 Å². The lowest BCUT2D eigenvalue weighted by Crippen LogP contribution is -2.33. The molecule has 0 saturated carbocycles. The zero-order chi connectivity index (χ0) is 20.8. The van der Waals surface area contributed by atoms with E-state index >= 15 is 0 Å². The summed E-state index contributed by atoms with van der Waals surface area (Å²) in [4.78, 5) is 31.3. The Bertz CT molecular complexity index is 946. The SMILES string of the molecule is C=CCN1C(=O)C(CC(=O)Nc2ccc(OC)cc2)SC1=Nc1cccc(Cl)c1. The van der Waals surface area contributed by atoms with Crippen LogP contribution in [0.15, 0.2) is 66.2 Å². The third-order valence-electron chi connectivity index (χ3n) is 4.11. The number of halogens is 1. The maximum Gasteiger partial charge on any atom is 0.242 e. The molecule has 3 rings (SSSR count). The first-order chi connectivity index (χ1) is 14.0. The number of hydrogen-bond donors (Lipinski definition) is 1. The standard InChI is InChI=1S/C21H20ClN3O3S/c1-3-11-25-20(27)18(29-21(25)24-16-6-4-5-14(22)12-16)13-19(26)23-15-7-9-17(28-2)10-8-15/h3-10,12,18H,1,11,13H2,2H3,(H,23,26). The summed E-state index contributed by atoms with van der Waals surface area (Å²) in [5.74, 6) is 0.288. The van der Waals surface area contributed by atoms with Gasteiger partial charge in [0.25, 0.3) is 0 Å². The Hall–Kier alpha value is -2.77. The number of hydrogen-bond acceptors (Lipinski definition) is 5. The molecule has 8 heteroatoms. The van der Waals surface area contributed by atoms with Crippen LogP contribution in [0, 0.1) is 0 Å². The summed E-state index contributed by atoms with van der Waals surface area (Å²) in [6.07, 6.45) is 1.67. The monoisotopic (exact) mass is 429 g/mol. The lowest BCUT2D eigenvalue weighted by Gasteiger charge is -2.13. The molecule has 1 heterocycles. The van der Waals surface area contributed by atoms with Crippen molar-refractivity contribution in [2.75, 3.05) is 19.0 Å². The highest BCUT2D eigenvalue weighted by Gasteiger charge is 2.38. The van der Waals surface area contributed by atoms with Crippen LogP contribution in [0.1, 0.15) is 6.42 Å². The van der Waals surface area contributed by atoms with Crippen LogP contribution in [0.25, 0.3) is 0 Å². The summed E-state index contributed by atoms with van der Waals surface area (Å²) < 4.78 is 5.10. The molecular weight excluding hydrogens is 410 g/mol. The van der Waals surface area contributed by atoms with E-state index in [4.69, 9.17) is 16.3 Å². The van der Waals surface area contributed by atoms with E-state index in [2.05, 4.69) is 16.9 Å². The van der Waals surface area contributed by atoms with Crippen molar-refractivity contribution in [3.8, 4) is 5.75 Å². The molecule has 0 aromatic heterocycles. The molecular formula is C21H20ClN3O3S. The number of carbonyl (C=O) groups excluding carboxylic acids is 2. The minimum atomic E-state index is -0.550. The molecule has 2 aromatic rings. The second kappa shape index (κ2) is 9.62. The number of benzene rings is 2. The summed E-state index contributed by atoms with van der Waals surface area (Å²) in [5.41, 5.74) is 1.28. The number of methoxy groups -OCH3 is 1. The van der Waals surface area contributed by atoms with Crippen LogP contribution in [-0.4, -0.2) is 40.8 Å². The topological polar surface area (TPSA) is 71.0 Å². The predicted octanol–water partition coefficient (Wildman–Crippen LogP) is 4.49. The van der Waals surface area contributed by atoms with E-state index < -0.39 is 5.25 Å². The molecule has 1 N–H and O–H groups in total. The van der Waals surface area contributed by atoms with Crippen LogP contribution in [0.3, 0.4) is 0 Å². The fourth-order valence-corrected chi connectivity index (χ4v) is 4.08. The van der Waals surface area contributed by atoms with Gasteiger partial charge in [-0.25, -0.2) is 4.99 Å². The summed E-state index contributed by atoms with van der Waals surface area (Å²) in [6, 6.07) is 14.1.